The smallest absolute Gasteiger partial charge is 0.308 e. The van der Waals surface area contributed by atoms with Gasteiger partial charge in [0.2, 0.25) is 0 Å². The molecule has 6 heteroatoms. The SMILES string of the molecule is COc1ccccc1[C@@H]1CN(C(=O)c2cc3ccccc3[nH]2)C[C@H]1C(=O)O. The molecule has 3 aromatic rings. The number of amides is 1. The molecule has 0 unspecified atom stereocenters. The molecule has 1 saturated heterocycles. The van der Waals surface area contributed by atoms with Crippen LogP contribution in [0.2, 0.25) is 0 Å². The van der Waals surface area contributed by atoms with Gasteiger partial charge in [-0.15, -0.1) is 0 Å². The normalized spacial score (nSPS) is 19.4. The van der Waals surface area contributed by atoms with E-state index in [9.17, 15) is 14.7 Å². The number of hydrogen-bond acceptors (Lipinski definition) is 3. The van der Waals surface area contributed by atoms with Crippen LogP contribution in [0.4, 0.5) is 0 Å². The second-order valence-corrected chi connectivity index (χ2v) is 6.77. The second-order valence-electron chi connectivity index (χ2n) is 6.77. The van der Waals surface area contributed by atoms with Crippen molar-refractivity contribution in [1.29, 1.82) is 0 Å². The molecule has 0 radical (unpaired) electrons. The van der Waals surface area contributed by atoms with E-state index in [1.54, 1.807) is 12.0 Å². The number of rotatable bonds is 4. The van der Waals surface area contributed by atoms with Gasteiger partial charge in [-0.25, -0.2) is 0 Å². The van der Waals surface area contributed by atoms with Crippen LogP contribution in [0.25, 0.3) is 10.9 Å². The Labute approximate surface area is 156 Å². The Morgan fingerprint density at radius 1 is 1.11 bits per heavy atom. The fraction of sp³-hybridized carbons (Fsp3) is 0.238. The molecule has 2 atom stereocenters. The Morgan fingerprint density at radius 3 is 2.59 bits per heavy atom. The lowest BCUT2D eigenvalue weighted by molar-refractivity contribution is -0.141. The number of aromatic amines is 1. The molecule has 2 N–H and O–H groups in total. The van der Waals surface area contributed by atoms with Gasteiger partial charge in [0.15, 0.2) is 0 Å². The van der Waals surface area contributed by atoms with Crippen molar-refractivity contribution in [3.8, 4) is 5.75 Å². The molecule has 0 saturated carbocycles. The lowest BCUT2D eigenvalue weighted by atomic mass is 9.88. The van der Waals surface area contributed by atoms with E-state index in [4.69, 9.17) is 4.74 Å². The highest BCUT2D eigenvalue weighted by Crippen LogP contribution is 2.38. The molecular formula is C21H20N2O4. The molecule has 27 heavy (non-hydrogen) atoms. The maximum absolute atomic E-state index is 13.0. The lowest BCUT2D eigenvalue weighted by Crippen LogP contribution is -2.30. The first-order valence-corrected chi connectivity index (χ1v) is 8.81. The van der Waals surface area contributed by atoms with Gasteiger partial charge in [-0.1, -0.05) is 36.4 Å². The van der Waals surface area contributed by atoms with Gasteiger partial charge in [-0.2, -0.15) is 0 Å². The van der Waals surface area contributed by atoms with Gasteiger partial charge in [-0.3, -0.25) is 9.59 Å². The number of carboxylic acid groups (broad SMARTS) is 1. The minimum absolute atomic E-state index is 0.173. The van der Waals surface area contributed by atoms with Gasteiger partial charge in [-0.05, 0) is 23.8 Å². The van der Waals surface area contributed by atoms with E-state index in [-0.39, 0.29) is 18.4 Å². The largest absolute Gasteiger partial charge is 0.496 e. The zero-order chi connectivity index (χ0) is 19.0. The quantitative estimate of drug-likeness (QED) is 0.745. The maximum Gasteiger partial charge on any atom is 0.308 e. The van der Waals surface area contributed by atoms with Gasteiger partial charge in [0, 0.05) is 29.9 Å². The van der Waals surface area contributed by atoms with Crippen LogP contribution < -0.4 is 4.74 Å². The average Bonchev–Trinajstić information content (AvgIpc) is 3.32. The third-order valence-electron chi connectivity index (χ3n) is 5.22. The minimum Gasteiger partial charge on any atom is -0.496 e. The van der Waals surface area contributed by atoms with Crippen LogP contribution in [-0.4, -0.2) is 47.1 Å². The fourth-order valence-electron chi connectivity index (χ4n) is 3.87. The zero-order valence-electron chi connectivity index (χ0n) is 14.9. The first kappa shape index (κ1) is 17.1. The summed E-state index contributed by atoms with van der Waals surface area (Å²) in [6.45, 7) is 0.512. The summed E-state index contributed by atoms with van der Waals surface area (Å²) in [7, 11) is 1.57. The molecular weight excluding hydrogens is 344 g/mol. The highest BCUT2D eigenvalue weighted by atomic mass is 16.5. The summed E-state index contributed by atoms with van der Waals surface area (Å²) >= 11 is 0. The van der Waals surface area contributed by atoms with Gasteiger partial charge < -0.3 is 19.7 Å². The minimum atomic E-state index is -0.905. The predicted molar refractivity (Wildman–Crippen MR) is 101 cm³/mol. The number of nitrogens with one attached hydrogen (secondary N) is 1. The molecule has 1 aromatic heterocycles. The number of hydrogen-bond donors (Lipinski definition) is 2. The van der Waals surface area contributed by atoms with Crippen molar-refractivity contribution in [2.75, 3.05) is 20.2 Å². The first-order chi connectivity index (χ1) is 13.1. The van der Waals surface area contributed by atoms with Gasteiger partial charge in [0.05, 0.1) is 13.0 Å². The molecule has 1 fully saturated rings. The van der Waals surface area contributed by atoms with Crippen molar-refractivity contribution in [3.05, 3.63) is 65.9 Å². The van der Waals surface area contributed by atoms with Crippen molar-refractivity contribution in [2.45, 2.75) is 5.92 Å². The van der Waals surface area contributed by atoms with Crippen LogP contribution in [0.3, 0.4) is 0 Å². The van der Waals surface area contributed by atoms with Crippen molar-refractivity contribution in [2.24, 2.45) is 5.92 Å². The number of carbonyl (C=O) groups is 2. The Bertz CT molecular complexity index is 977. The second kappa shape index (κ2) is 6.79. The summed E-state index contributed by atoms with van der Waals surface area (Å²) in [5.74, 6) is -1.43. The number of aliphatic carboxylic acids is 1. The number of para-hydroxylation sites is 2. The number of ether oxygens (including phenoxy) is 1. The Kier molecular flexibility index (Phi) is 4.32. The molecule has 1 aliphatic rings. The van der Waals surface area contributed by atoms with E-state index in [0.717, 1.165) is 16.5 Å². The van der Waals surface area contributed by atoms with Gasteiger partial charge >= 0.3 is 5.97 Å². The highest BCUT2D eigenvalue weighted by Gasteiger charge is 2.42. The number of benzene rings is 2. The van der Waals surface area contributed by atoms with Crippen molar-refractivity contribution < 1.29 is 19.4 Å². The van der Waals surface area contributed by atoms with E-state index in [1.807, 2.05) is 54.6 Å². The maximum atomic E-state index is 13.0. The monoisotopic (exact) mass is 364 g/mol. The number of likely N-dealkylation sites (tertiary alicyclic amines) is 1. The number of H-pyrrole nitrogens is 1. The number of nitrogens with zero attached hydrogens (tertiary/aromatic N) is 1. The van der Waals surface area contributed by atoms with Crippen LogP contribution in [0.5, 0.6) is 5.75 Å². The third-order valence-corrected chi connectivity index (χ3v) is 5.22. The number of fused-ring (bicyclic) bond motifs is 1. The Balaban J connectivity index is 1.65. The van der Waals surface area contributed by atoms with Crippen molar-refractivity contribution >= 4 is 22.8 Å². The fourth-order valence-corrected chi connectivity index (χ4v) is 3.87. The number of carbonyl (C=O) groups excluding carboxylic acids is 1. The number of carboxylic acids is 1. The van der Waals surface area contributed by atoms with E-state index in [1.165, 1.54) is 0 Å². The molecule has 6 nitrogen and oxygen atoms in total. The third kappa shape index (κ3) is 3.03. The van der Waals surface area contributed by atoms with Gasteiger partial charge in [0.25, 0.3) is 5.91 Å². The highest BCUT2D eigenvalue weighted by molar-refractivity contribution is 5.98. The number of aromatic nitrogens is 1. The molecule has 2 aromatic carbocycles. The summed E-state index contributed by atoms with van der Waals surface area (Å²) in [6, 6.07) is 16.9. The lowest BCUT2D eigenvalue weighted by Gasteiger charge is -2.18. The number of methoxy groups -OCH3 is 1. The van der Waals surface area contributed by atoms with Crippen LogP contribution in [-0.2, 0) is 4.79 Å². The van der Waals surface area contributed by atoms with Crippen molar-refractivity contribution in [1.82, 2.24) is 9.88 Å². The van der Waals surface area contributed by atoms with E-state index in [2.05, 4.69) is 4.98 Å². The molecule has 1 amide bonds. The first-order valence-electron chi connectivity index (χ1n) is 8.81. The van der Waals surface area contributed by atoms with Gasteiger partial charge in [0.1, 0.15) is 11.4 Å². The summed E-state index contributed by atoms with van der Waals surface area (Å²) in [5.41, 5.74) is 2.18. The summed E-state index contributed by atoms with van der Waals surface area (Å²) in [5, 5.41) is 10.7. The topological polar surface area (TPSA) is 82.6 Å². The molecule has 2 heterocycles. The predicted octanol–water partition coefficient (Wildman–Crippen LogP) is 3.12. The molecule has 4 rings (SSSR count). The summed E-state index contributed by atoms with van der Waals surface area (Å²) in [6.07, 6.45) is 0. The molecule has 1 aliphatic heterocycles. The van der Waals surface area contributed by atoms with Crippen LogP contribution in [0, 0.1) is 5.92 Å². The molecule has 0 spiro atoms. The molecule has 0 bridgehead atoms. The summed E-state index contributed by atoms with van der Waals surface area (Å²) < 4.78 is 5.40. The van der Waals surface area contributed by atoms with Crippen LogP contribution in [0.15, 0.2) is 54.6 Å². The van der Waals surface area contributed by atoms with E-state index >= 15 is 0 Å². The standard InChI is InChI=1S/C21H20N2O4/c1-27-19-9-5-3-7-14(19)15-11-23(12-16(15)21(25)26)20(24)18-10-13-6-2-4-8-17(13)22-18/h2-10,15-16,22H,11-12H2,1H3,(H,25,26)/t15-,16+/m0/s1. The zero-order valence-corrected chi connectivity index (χ0v) is 14.9. The average molecular weight is 364 g/mol. The van der Waals surface area contributed by atoms with Crippen LogP contribution in [0.1, 0.15) is 22.0 Å². The Morgan fingerprint density at radius 2 is 1.85 bits per heavy atom. The summed E-state index contributed by atoms with van der Waals surface area (Å²) in [4.78, 5) is 29.6. The van der Waals surface area contributed by atoms with E-state index < -0.39 is 11.9 Å². The molecule has 0 aliphatic carbocycles. The molecule has 138 valence electrons. The van der Waals surface area contributed by atoms with E-state index in [0.29, 0.717) is 18.0 Å². The van der Waals surface area contributed by atoms with Crippen molar-refractivity contribution in [3.63, 3.8) is 0 Å². The Hall–Kier alpha value is -3.28. The van der Waals surface area contributed by atoms with Crippen LogP contribution >= 0.6 is 0 Å².